The van der Waals surface area contributed by atoms with Gasteiger partial charge in [0, 0.05) is 25.2 Å². The number of ether oxygens (including phenoxy) is 1. The summed E-state index contributed by atoms with van der Waals surface area (Å²) in [5.74, 6) is -0.890. The molecule has 0 aliphatic carbocycles. The van der Waals surface area contributed by atoms with Crippen molar-refractivity contribution in [2.24, 2.45) is 0 Å². The lowest BCUT2D eigenvalue weighted by Crippen LogP contribution is -2.38. The van der Waals surface area contributed by atoms with Crippen LogP contribution in [0.5, 0.6) is 5.75 Å². The fraction of sp³-hybridized carbons (Fsp3) is 0.364. The molecule has 0 unspecified atom stereocenters. The van der Waals surface area contributed by atoms with Crippen LogP contribution in [-0.4, -0.2) is 63.1 Å². The van der Waals surface area contributed by atoms with Crippen LogP contribution in [0.25, 0.3) is 0 Å². The third-order valence-electron chi connectivity index (χ3n) is 5.40. The van der Waals surface area contributed by atoms with E-state index in [2.05, 4.69) is 5.32 Å². The number of amides is 2. The van der Waals surface area contributed by atoms with Gasteiger partial charge in [0.05, 0.1) is 29.5 Å². The van der Waals surface area contributed by atoms with E-state index >= 15 is 0 Å². The Morgan fingerprint density at radius 2 is 1.82 bits per heavy atom. The number of sulfonamides is 1. The van der Waals surface area contributed by atoms with Crippen molar-refractivity contribution in [2.75, 3.05) is 42.6 Å². The molecule has 0 aromatic heterocycles. The van der Waals surface area contributed by atoms with Gasteiger partial charge >= 0.3 is 0 Å². The van der Waals surface area contributed by atoms with Gasteiger partial charge in [0.25, 0.3) is 11.6 Å². The molecule has 0 atom stereocenters. The Labute approximate surface area is 197 Å². The van der Waals surface area contributed by atoms with Gasteiger partial charge in [0.2, 0.25) is 15.9 Å². The lowest BCUT2D eigenvalue weighted by molar-refractivity contribution is -0.384. The molecular formula is C22H26N4O7S. The Morgan fingerprint density at radius 1 is 1.15 bits per heavy atom. The second kappa shape index (κ2) is 10.5. The Bertz CT molecular complexity index is 1190. The molecule has 1 heterocycles. The third-order valence-corrected chi connectivity index (χ3v) is 6.53. The first-order valence-corrected chi connectivity index (χ1v) is 12.4. The van der Waals surface area contributed by atoms with Gasteiger partial charge < -0.3 is 15.0 Å². The Hall–Kier alpha value is -3.67. The third kappa shape index (κ3) is 5.81. The standard InChI is InChI=1S/C22H26N4O7S/c1-33-20-11-10-16(26(29)30)14-19(20)25(34(2,31)32)15-21(27)23-18-9-5-4-8-17(18)22(28)24-12-6-3-7-13-24/h4-5,8-11,14H,3,6-7,12-13,15H2,1-2H3,(H,23,27). The molecule has 2 amide bonds. The van der Waals surface area contributed by atoms with Crippen molar-refractivity contribution in [1.82, 2.24) is 4.90 Å². The summed E-state index contributed by atoms with van der Waals surface area (Å²) in [5.41, 5.74) is 0.0495. The number of piperidine rings is 1. The van der Waals surface area contributed by atoms with E-state index in [0.717, 1.165) is 35.9 Å². The molecule has 34 heavy (non-hydrogen) atoms. The van der Waals surface area contributed by atoms with Crippen LogP contribution in [0.1, 0.15) is 29.6 Å². The van der Waals surface area contributed by atoms with E-state index in [1.165, 1.54) is 19.2 Å². The van der Waals surface area contributed by atoms with Crippen LogP contribution in [-0.2, 0) is 14.8 Å². The smallest absolute Gasteiger partial charge is 0.271 e. The largest absolute Gasteiger partial charge is 0.495 e. The number of nitrogens with one attached hydrogen (secondary N) is 1. The summed E-state index contributed by atoms with van der Waals surface area (Å²) >= 11 is 0. The minimum absolute atomic E-state index is 0.0458. The summed E-state index contributed by atoms with van der Waals surface area (Å²) in [5, 5.41) is 13.8. The molecular weight excluding hydrogens is 464 g/mol. The zero-order chi connectivity index (χ0) is 24.9. The van der Waals surface area contributed by atoms with Gasteiger partial charge in [0.1, 0.15) is 18.0 Å². The number of para-hydroxylation sites is 1. The van der Waals surface area contributed by atoms with Crippen LogP contribution >= 0.6 is 0 Å². The number of carbonyl (C=O) groups excluding carboxylic acids is 2. The molecule has 0 bridgehead atoms. The van der Waals surface area contributed by atoms with Crippen LogP contribution in [0, 0.1) is 10.1 Å². The summed E-state index contributed by atoms with van der Waals surface area (Å²) in [6.07, 6.45) is 3.76. The summed E-state index contributed by atoms with van der Waals surface area (Å²) in [4.78, 5) is 38.1. The van der Waals surface area contributed by atoms with E-state index in [-0.39, 0.29) is 28.7 Å². The number of nitro benzene ring substituents is 1. The molecule has 12 heteroatoms. The second-order valence-electron chi connectivity index (χ2n) is 7.83. The van der Waals surface area contributed by atoms with Crippen molar-refractivity contribution in [1.29, 1.82) is 0 Å². The molecule has 2 aromatic carbocycles. The Balaban J connectivity index is 1.88. The Morgan fingerprint density at radius 3 is 2.44 bits per heavy atom. The Kier molecular flexibility index (Phi) is 7.72. The van der Waals surface area contributed by atoms with E-state index in [0.29, 0.717) is 18.7 Å². The van der Waals surface area contributed by atoms with Crippen molar-refractivity contribution < 1.29 is 27.7 Å². The van der Waals surface area contributed by atoms with Crippen LogP contribution in [0.15, 0.2) is 42.5 Å². The van der Waals surface area contributed by atoms with Crippen LogP contribution in [0.2, 0.25) is 0 Å². The minimum atomic E-state index is -4.03. The van der Waals surface area contributed by atoms with Gasteiger partial charge in [-0.25, -0.2) is 8.42 Å². The fourth-order valence-electron chi connectivity index (χ4n) is 3.73. The number of methoxy groups -OCH3 is 1. The molecule has 0 saturated carbocycles. The maximum Gasteiger partial charge on any atom is 0.271 e. The van der Waals surface area contributed by atoms with Crippen LogP contribution in [0.4, 0.5) is 17.1 Å². The highest BCUT2D eigenvalue weighted by Crippen LogP contribution is 2.33. The summed E-state index contributed by atoms with van der Waals surface area (Å²) in [7, 11) is -2.74. The van der Waals surface area contributed by atoms with Gasteiger partial charge in [-0.3, -0.25) is 24.0 Å². The molecule has 2 aromatic rings. The second-order valence-corrected chi connectivity index (χ2v) is 9.74. The minimum Gasteiger partial charge on any atom is -0.495 e. The number of non-ortho nitro benzene ring substituents is 1. The number of hydrogen-bond donors (Lipinski definition) is 1. The SMILES string of the molecule is COc1ccc([N+](=O)[O-])cc1N(CC(=O)Nc1ccccc1C(=O)N1CCCCC1)S(C)(=O)=O. The molecule has 11 nitrogen and oxygen atoms in total. The van der Waals surface area contributed by atoms with Crippen molar-refractivity contribution in [3.63, 3.8) is 0 Å². The molecule has 1 saturated heterocycles. The summed E-state index contributed by atoms with van der Waals surface area (Å²) in [6, 6.07) is 9.96. The lowest BCUT2D eigenvalue weighted by atomic mass is 10.1. The fourth-order valence-corrected chi connectivity index (χ4v) is 4.59. The number of benzene rings is 2. The predicted octanol–water partition coefficient (Wildman–Crippen LogP) is 2.63. The average Bonchev–Trinajstić information content (AvgIpc) is 2.82. The predicted molar refractivity (Wildman–Crippen MR) is 127 cm³/mol. The molecule has 3 rings (SSSR count). The number of nitro groups is 1. The lowest BCUT2D eigenvalue weighted by Gasteiger charge is -2.27. The van der Waals surface area contributed by atoms with Crippen molar-refractivity contribution in [3.05, 3.63) is 58.1 Å². The topological polar surface area (TPSA) is 139 Å². The quantitative estimate of drug-likeness (QED) is 0.443. The van der Waals surface area contributed by atoms with Crippen molar-refractivity contribution >= 4 is 38.9 Å². The zero-order valence-corrected chi connectivity index (χ0v) is 19.7. The molecule has 1 fully saturated rings. The van der Waals surface area contributed by atoms with E-state index in [4.69, 9.17) is 4.74 Å². The highest BCUT2D eigenvalue weighted by atomic mass is 32.2. The van der Waals surface area contributed by atoms with Gasteiger partial charge in [0.15, 0.2) is 0 Å². The van der Waals surface area contributed by atoms with Gasteiger partial charge in [-0.05, 0) is 37.5 Å². The molecule has 182 valence electrons. The normalized spacial score (nSPS) is 13.8. The average molecular weight is 491 g/mol. The van der Waals surface area contributed by atoms with Gasteiger partial charge in [-0.15, -0.1) is 0 Å². The van der Waals surface area contributed by atoms with Gasteiger partial charge in [-0.2, -0.15) is 0 Å². The van der Waals surface area contributed by atoms with Crippen LogP contribution in [0.3, 0.4) is 0 Å². The number of likely N-dealkylation sites (tertiary alicyclic amines) is 1. The first-order chi connectivity index (χ1) is 16.1. The monoisotopic (exact) mass is 490 g/mol. The van der Waals surface area contributed by atoms with Crippen molar-refractivity contribution in [2.45, 2.75) is 19.3 Å². The van der Waals surface area contributed by atoms with E-state index in [1.807, 2.05) is 0 Å². The number of nitrogens with zero attached hydrogens (tertiary/aromatic N) is 3. The summed E-state index contributed by atoms with van der Waals surface area (Å²) in [6.45, 7) is 0.591. The number of carbonyl (C=O) groups is 2. The van der Waals surface area contributed by atoms with E-state index < -0.39 is 27.4 Å². The first kappa shape index (κ1) is 25.0. The maximum absolute atomic E-state index is 13.0. The highest BCUT2D eigenvalue weighted by molar-refractivity contribution is 7.92. The molecule has 0 spiro atoms. The van der Waals surface area contributed by atoms with Crippen molar-refractivity contribution in [3.8, 4) is 5.75 Å². The van der Waals surface area contributed by atoms with E-state index in [1.54, 1.807) is 29.2 Å². The molecule has 1 aliphatic rings. The van der Waals surface area contributed by atoms with E-state index in [9.17, 15) is 28.1 Å². The number of rotatable bonds is 8. The molecule has 1 N–H and O–H groups in total. The summed E-state index contributed by atoms with van der Waals surface area (Å²) < 4.78 is 30.9. The number of anilines is 2. The zero-order valence-electron chi connectivity index (χ0n) is 18.9. The number of hydrogen-bond acceptors (Lipinski definition) is 7. The van der Waals surface area contributed by atoms with Crippen LogP contribution < -0.4 is 14.4 Å². The molecule has 0 radical (unpaired) electrons. The van der Waals surface area contributed by atoms with Gasteiger partial charge in [-0.1, -0.05) is 12.1 Å². The highest BCUT2D eigenvalue weighted by Gasteiger charge is 2.27. The first-order valence-electron chi connectivity index (χ1n) is 10.6. The maximum atomic E-state index is 13.0. The molecule has 1 aliphatic heterocycles.